The van der Waals surface area contributed by atoms with E-state index < -0.39 is 29.2 Å². The van der Waals surface area contributed by atoms with E-state index >= 15 is 0 Å². The van der Waals surface area contributed by atoms with Crippen LogP contribution in [0.4, 0.5) is 0 Å². The molecule has 130 valence electrons. The fourth-order valence-electron chi connectivity index (χ4n) is 2.47. The Morgan fingerprint density at radius 2 is 1.88 bits per heavy atom. The van der Waals surface area contributed by atoms with Gasteiger partial charge in [-0.15, -0.1) is 0 Å². The molecule has 2 rings (SSSR count). The maximum Gasteiger partial charge on any atom is 0.358 e. The molecule has 0 radical (unpaired) electrons. The number of benzene rings is 1. The van der Waals surface area contributed by atoms with Crippen LogP contribution in [0.1, 0.15) is 38.8 Å². The Kier molecular flexibility index (Phi) is 4.96. The first-order valence-electron chi connectivity index (χ1n) is 7.87. The average Bonchev–Trinajstić information content (AvgIpc) is 2.92. The van der Waals surface area contributed by atoms with Crippen LogP contribution in [0, 0.1) is 6.92 Å². The van der Waals surface area contributed by atoms with Gasteiger partial charge in [-0.2, -0.15) is 0 Å². The van der Waals surface area contributed by atoms with Gasteiger partial charge in [-0.25, -0.2) is 14.6 Å². The van der Waals surface area contributed by atoms with Gasteiger partial charge in [-0.3, -0.25) is 0 Å². The van der Waals surface area contributed by atoms with Gasteiger partial charge in [0.15, 0.2) is 6.40 Å². The lowest BCUT2D eigenvalue weighted by Gasteiger charge is -2.31. The molecule has 0 amide bonds. The van der Waals surface area contributed by atoms with Gasteiger partial charge in [0.2, 0.25) is 6.04 Å². The lowest BCUT2D eigenvalue weighted by molar-refractivity contribution is -0.175. The third kappa shape index (κ3) is 3.42. The maximum absolute atomic E-state index is 12.7. The van der Waals surface area contributed by atoms with E-state index in [2.05, 4.69) is 4.99 Å². The summed E-state index contributed by atoms with van der Waals surface area (Å²) in [6.45, 7) is 9.04. The molecule has 0 spiro atoms. The SMILES string of the molecule is CCOC(=O)[C@]1(c2ccc(C)cc2)OC=N[C@@H]1C(=O)OC(C)(C)C. The van der Waals surface area contributed by atoms with E-state index in [0.29, 0.717) is 5.56 Å². The van der Waals surface area contributed by atoms with Gasteiger partial charge in [0.1, 0.15) is 5.60 Å². The largest absolute Gasteiger partial charge is 0.463 e. The zero-order chi connectivity index (χ0) is 18.0. The summed E-state index contributed by atoms with van der Waals surface area (Å²) in [5.74, 6) is -1.30. The molecular formula is C18H23NO5. The van der Waals surface area contributed by atoms with Crippen LogP contribution in [0.2, 0.25) is 0 Å². The Bertz CT molecular complexity index is 644. The fraction of sp³-hybridized carbons (Fsp3) is 0.500. The smallest absolute Gasteiger partial charge is 0.358 e. The Hall–Kier alpha value is -2.37. The second-order valence-electron chi connectivity index (χ2n) is 6.63. The van der Waals surface area contributed by atoms with Crippen LogP contribution in [0.15, 0.2) is 29.3 Å². The van der Waals surface area contributed by atoms with Crippen LogP contribution in [0.25, 0.3) is 0 Å². The monoisotopic (exact) mass is 333 g/mol. The highest BCUT2D eigenvalue weighted by molar-refractivity contribution is 5.94. The van der Waals surface area contributed by atoms with Crippen molar-refractivity contribution in [2.24, 2.45) is 4.99 Å². The number of esters is 2. The first-order valence-corrected chi connectivity index (χ1v) is 7.87. The van der Waals surface area contributed by atoms with E-state index in [0.717, 1.165) is 12.0 Å². The highest BCUT2D eigenvalue weighted by Gasteiger charge is 2.58. The van der Waals surface area contributed by atoms with Gasteiger partial charge in [0, 0.05) is 5.56 Å². The number of carbonyl (C=O) groups is 2. The molecule has 0 N–H and O–H groups in total. The Morgan fingerprint density at radius 1 is 1.25 bits per heavy atom. The Morgan fingerprint density at radius 3 is 2.42 bits per heavy atom. The molecule has 6 heteroatoms. The number of nitrogens with zero attached hydrogens (tertiary/aromatic N) is 1. The molecule has 0 bridgehead atoms. The van der Waals surface area contributed by atoms with Gasteiger partial charge in [0.05, 0.1) is 6.61 Å². The van der Waals surface area contributed by atoms with Crippen LogP contribution in [0.5, 0.6) is 0 Å². The summed E-state index contributed by atoms with van der Waals surface area (Å²) in [6, 6.07) is 5.99. The lowest BCUT2D eigenvalue weighted by atomic mass is 9.86. The molecule has 2 atom stereocenters. The zero-order valence-corrected chi connectivity index (χ0v) is 14.7. The van der Waals surface area contributed by atoms with Crippen molar-refractivity contribution in [3.8, 4) is 0 Å². The first-order chi connectivity index (χ1) is 11.2. The molecule has 1 aromatic rings. The number of rotatable bonds is 4. The molecule has 1 aliphatic rings. The van der Waals surface area contributed by atoms with Crippen LogP contribution < -0.4 is 0 Å². The molecule has 0 aliphatic carbocycles. The third-order valence-corrected chi connectivity index (χ3v) is 3.52. The van der Waals surface area contributed by atoms with Gasteiger partial charge >= 0.3 is 11.9 Å². The van der Waals surface area contributed by atoms with Crippen molar-refractivity contribution >= 4 is 18.3 Å². The highest BCUT2D eigenvalue weighted by atomic mass is 16.6. The summed E-state index contributed by atoms with van der Waals surface area (Å²) in [7, 11) is 0. The van der Waals surface area contributed by atoms with Crippen molar-refractivity contribution < 1.29 is 23.8 Å². The van der Waals surface area contributed by atoms with Crippen LogP contribution in [-0.2, 0) is 29.4 Å². The molecule has 0 unspecified atom stereocenters. The summed E-state index contributed by atoms with van der Waals surface area (Å²) >= 11 is 0. The summed E-state index contributed by atoms with van der Waals surface area (Å²) < 4.78 is 16.1. The Balaban J connectivity index is 2.47. The van der Waals surface area contributed by atoms with E-state index in [1.807, 2.05) is 19.1 Å². The van der Waals surface area contributed by atoms with Crippen LogP contribution in [-0.4, -0.2) is 36.6 Å². The second-order valence-corrected chi connectivity index (χ2v) is 6.63. The highest BCUT2D eigenvalue weighted by Crippen LogP contribution is 2.37. The summed E-state index contributed by atoms with van der Waals surface area (Å²) in [6.07, 6.45) is 1.12. The van der Waals surface area contributed by atoms with Crippen molar-refractivity contribution in [3.05, 3.63) is 35.4 Å². The van der Waals surface area contributed by atoms with Crippen molar-refractivity contribution in [2.45, 2.75) is 51.9 Å². The van der Waals surface area contributed by atoms with Crippen molar-refractivity contribution in [2.75, 3.05) is 6.61 Å². The number of ether oxygens (including phenoxy) is 3. The molecular weight excluding hydrogens is 310 g/mol. The summed E-state index contributed by atoms with van der Waals surface area (Å²) in [5.41, 5.74) is -0.847. The minimum atomic E-state index is -1.66. The maximum atomic E-state index is 12.7. The number of aryl methyl sites for hydroxylation is 1. The average molecular weight is 333 g/mol. The van der Waals surface area contributed by atoms with E-state index in [1.54, 1.807) is 39.8 Å². The van der Waals surface area contributed by atoms with Gasteiger partial charge < -0.3 is 14.2 Å². The lowest BCUT2D eigenvalue weighted by Crippen LogP contribution is -2.51. The predicted molar refractivity (Wildman–Crippen MR) is 88.7 cm³/mol. The predicted octanol–water partition coefficient (Wildman–Crippen LogP) is 2.52. The minimum Gasteiger partial charge on any atom is -0.463 e. The molecule has 1 heterocycles. The number of hydrogen-bond donors (Lipinski definition) is 0. The number of carbonyl (C=O) groups excluding carboxylic acids is 2. The minimum absolute atomic E-state index is 0.164. The third-order valence-electron chi connectivity index (χ3n) is 3.52. The molecule has 0 saturated carbocycles. The normalized spacial score (nSPS) is 22.8. The van der Waals surface area contributed by atoms with E-state index in [4.69, 9.17) is 14.2 Å². The number of hydrogen-bond acceptors (Lipinski definition) is 6. The first kappa shape index (κ1) is 18.0. The van der Waals surface area contributed by atoms with Crippen molar-refractivity contribution in [3.63, 3.8) is 0 Å². The molecule has 6 nitrogen and oxygen atoms in total. The molecule has 0 aromatic heterocycles. The standard InChI is InChI=1S/C18H23NO5/c1-6-22-16(21)18(13-9-7-12(2)8-10-13)14(19-11-23-18)15(20)24-17(3,4)5/h7-11,14H,6H2,1-5H3/t14-,18-/m1/s1. The molecule has 0 fully saturated rings. The molecule has 0 saturated heterocycles. The van der Waals surface area contributed by atoms with E-state index in [-0.39, 0.29) is 6.61 Å². The van der Waals surface area contributed by atoms with Crippen LogP contribution in [0.3, 0.4) is 0 Å². The van der Waals surface area contributed by atoms with Crippen molar-refractivity contribution in [1.29, 1.82) is 0 Å². The van der Waals surface area contributed by atoms with Crippen LogP contribution >= 0.6 is 0 Å². The molecule has 1 aromatic carbocycles. The Labute approximate surface area is 141 Å². The molecule has 1 aliphatic heterocycles. The van der Waals surface area contributed by atoms with Gasteiger partial charge in [-0.1, -0.05) is 29.8 Å². The zero-order valence-electron chi connectivity index (χ0n) is 14.7. The summed E-state index contributed by atoms with van der Waals surface area (Å²) in [5, 5.41) is 0. The summed E-state index contributed by atoms with van der Waals surface area (Å²) in [4.78, 5) is 29.4. The molecule has 24 heavy (non-hydrogen) atoms. The van der Waals surface area contributed by atoms with Gasteiger partial charge in [0.25, 0.3) is 5.60 Å². The second kappa shape index (κ2) is 6.63. The van der Waals surface area contributed by atoms with Crippen molar-refractivity contribution in [1.82, 2.24) is 0 Å². The van der Waals surface area contributed by atoms with E-state index in [1.165, 1.54) is 0 Å². The topological polar surface area (TPSA) is 74.2 Å². The van der Waals surface area contributed by atoms with Gasteiger partial charge in [-0.05, 0) is 34.6 Å². The number of aliphatic imine (C=N–C) groups is 1. The van der Waals surface area contributed by atoms with E-state index in [9.17, 15) is 9.59 Å². The fourth-order valence-corrected chi connectivity index (χ4v) is 2.47. The quantitative estimate of drug-likeness (QED) is 0.792.